The number of hydrogen-bond donors (Lipinski definition) is 1. The lowest BCUT2D eigenvalue weighted by atomic mass is 9.89. The number of unbranched alkanes of at least 4 members (excludes halogenated alkanes) is 1. The molecule has 2 saturated heterocycles. The van der Waals surface area contributed by atoms with Crippen molar-refractivity contribution in [2.24, 2.45) is 0 Å². The van der Waals surface area contributed by atoms with Crippen molar-refractivity contribution >= 4 is 28.9 Å². The third kappa shape index (κ3) is 5.41. The zero-order valence-electron chi connectivity index (χ0n) is 20.0. The number of nitrogens with zero attached hydrogens (tertiary/aromatic N) is 3. The molecule has 2 aliphatic heterocycles. The van der Waals surface area contributed by atoms with Crippen LogP contribution in [0.5, 0.6) is 0 Å². The second-order valence-corrected chi connectivity index (χ2v) is 9.30. The van der Waals surface area contributed by atoms with Crippen molar-refractivity contribution in [2.75, 3.05) is 19.7 Å². The number of ether oxygens (including phenoxy) is 1. The minimum Gasteiger partial charge on any atom is -0.449 e. The number of aromatic nitrogens is 2. The molecular formula is C24H29F3N4O5. The van der Waals surface area contributed by atoms with Gasteiger partial charge in [0.15, 0.2) is 0 Å². The topological polar surface area (TPSA) is 103 Å². The van der Waals surface area contributed by atoms with E-state index >= 15 is 0 Å². The molecule has 36 heavy (non-hydrogen) atoms. The second-order valence-electron chi connectivity index (χ2n) is 9.30. The van der Waals surface area contributed by atoms with Crippen LogP contribution in [0, 0.1) is 0 Å². The molecule has 1 N–H and O–H groups in total. The number of carbonyl (C=O) groups is 3. The molecule has 1 unspecified atom stereocenters. The van der Waals surface area contributed by atoms with Gasteiger partial charge in [-0.15, -0.1) is 0 Å². The molecule has 2 aromatic rings. The van der Waals surface area contributed by atoms with Gasteiger partial charge in [0, 0.05) is 19.5 Å². The molecule has 3 amide bonds. The van der Waals surface area contributed by atoms with Gasteiger partial charge in [0.2, 0.25) is 11.8 Å². The van der Waals surface area contributed by atoms with Crippen LogP contribution in [0.3, 0.4) is 0 Å². The summed E-state index contributed by atoms with van der Waals surface area (Å²) in [6, 6.07) is 3.82. The highest BCUT2D eigenvalue weighted by molar-refractivity contribution is 6.00. The molecule has 1 atom stereocenters. The van der Waals surface area contributed by atoms with Gasteiger partial charge in [-0.2, -0.15) is 13.2 Å². The first-order valence-corrected chi connectivity index (χ1v) is 12.2. The summed E-state index contributed by atoms with van der Waals surface area (Å²) in [6.45, 7) is 1.80. The van der Waals surface area contributed by atoms with Gasteiger partial charge >= 0.3 is 18.0 Å². The van der Waals surface area contributed by atoms with Crippen molar-refractivity contribution < 1.29 is 32.3 Å². The monoisotopic (exact) mass is 510 g/mol. The lowest BCUT2D eigenvalue weighted by Crippen LogP contribution is -2.44. The first kappa shape index (κ1) is 25.8. The van der Waals surface area contributed by atoms with Crippen LogP contribution in [0.25, 0.3) is 11.0 Å². The van der Waals surface area contributed by atoms with Crippen LogP contribution in [0.1, 0.15) is 63.0 Å². The summed E-state index contributed by atoms with van der Waals surface area (Å²) in [4.78, 5) is 50.9. The van der Waals surface area contributed by atoms with Crippen molar-refractivity contribution in [3.8, 4) is 0 Å². The van der Waals surface area contributed by atoms with E-state index in [4.69, 9.17) is 4.74 Å². The number of imide groups is 1. The zero-order valence-corrected chi connectivity index (χ0v) is 20.0. The zero-order chi connectivity index (χ0) is 26.0. The lowest BCUT2D eigenvalue weighted by molar-refractivity contribution is -0.140. The normalized spacial score (nSPS) is 19.6. The van der Waals surface area contributed by atoms with Crippen molar-refractivity contribution in [3.05, 3.63) is 34.2 Å². The van der Waals surface area contributed by atoms with Crippen LogP contribution in [-0.4, -0.2) is 57.8 Å². The van der Waals surface area contributed by atoms with E-state index in [9.17, 15) is 32.3 Å². The molecule has 1 aromatic heterocycles. The number of benzene rings is 1. The Morgan fingerprint density at radius 3 is 2.47 bits per heavy atom. The van der Waals surface area contributed by atoms with Crippen LogP contribution in [0.2, 0.25) is 0 Å². The van der Waals surface area contributed by atoms with Gasteiger partial charge in [-0.25, -0.2) is 9.59 Å². The number of alkyl halides is 3. The largest absolute Gasteiger partial charge is 0.449 e. The summed E-state index contributed by atoms with van der Waals surface area (Å²) in [5.41, 5.74) is 0.108. The Bertz CT molecular complexity index is 1210. The van der Waals surface area contributed by atoms with E-state index in [1.54, 1.807) is 23.1 Å². The Morgan fingerprint density at radius 2 is 1.83 bits per heavy atom. The van der Waals surface area contributed by atoms with E-state index in [0.717, 1.165) is 23.0 Å². The fourth-order valence-electron chi connectivity index (χ4n) is 4.90. The molecule has 196 valence electrons. The van der Waals surface area contributed by atoms with E-state index < -0.39 is 36.3 Å². The van der Waals surface area contributed by atoms with E-state index in [1.165, 1.54) is 0 Å². The van der Waals surface area contributed by atoms with Crippen LogP contribution < -0.4 is 11.0 Å². The molecule has 0 saturated carbocycles. The fourth-order valence-corrected chi connectivity index (χ4v) is 4.90. The maximum absolute atomic E-state index is 13.4. The maximum atomic E-state index is 13.4. The molecule has 0 aliphatic carbocycles. The predicted octanol–water partition coefficient (Wildman–Crippen LogP) is 3.46. The highest BCUT2D eigenvalue weighted by Gasteiger charge is 2.35. The summed E-state index contributed by atoms with van der Waals surface area (Å²) in [5.74, 6) is -1.20. The van der Waals surface area contributed by atoms with Crippen molar-refractivity contribution in [3.63, 3.8) is 0 Å². The fraction of sp³-hybridized carbons (Fsp3) is 0.583. The number of likely N-dealkylation sites (tertiary alicyclic amines) is 1. The van der Waals surface area contributed by atoms with Gasteiger partial charge in [0.1, 0.15) is 12.6 Å². The van der Waals surface area contributed by atoms with E-state index in [1.807, 2.05) is 6.92 Å². The highest BCUT2D eigenvalue weighted by Crippen LogP contribution is 2.32. The SMILES string of the molecule is CCCCOC(=O)N1CCC(c2ccc3c(c2)n(CC(F)(F)F)c(=O)n3C2CCC(=O)NC2=O)CC1. The molecule has 2 aliphatic rings. The van der Waals surface area contributed by atoms with E-state index in [-0.39, 0.29) is 35.9 Å². The number of rotatable bonds is 6. The summed E-state index contributed by atoms with van der Waals surface area (Å²) in [7, 11) is 0. The molecule has 4 rings (SSSR count). The molecule has 0 spiro atoms. The summed E-state index contributed by atoms with van der Waals surface area (Å²) >= 11 is 0. The average molecular weight is 511 g/mol. The van der Waals surface area contributed by atoms with Crippen molar-refractivity contribution in [1.82, 2.24) is 19.4 Å². The summed E-state index contributed by atoms with van der Waals surface area (Å²) in [6.07, 6.45) is -2.07. The standard InChI is InChI=1S/C24H29F3N4O5/c1-2-3-12-36-23(35)29-10-8-15(9-11-29)16-4-5-17-19(13-16)30(14-24(25,26)27)22(34)31(17)18-6-7-20(32)28-21(18)33/h4-5,13,15,18H,2-3,6-12,14H2,1H3,(H,28,32,33). The van der Waals surface area contributed by atoms with Gasteiger partial charge in [0.25, 0.3) is 0 Å². The number of amides is 3. The molecule has 2 fully saturated rings. The minimum absolute atomic E-state index is 0.00761. The minimum atomic E-state index is -4.65. The third-order valence-corrected chi connectivity index (χ3v) is 6.79. The number of hydrogen-bond acceptors (Lipinski definition) is 5. The number of imidazole rings is 1. The number of halogens is 3. The average Bonchev–Trinajstić information content (AvgIpc) is 3.09. The van der Waals surface area contributed by atoms with Crippen molar-refractivity contribution in [1.29, 1.82) is 0 Å². The Morgan fingerprint density at radius 1 is 1.11 bits per heavy atom. The summed E-state index contributed by atoms with van der Waals surface area (Å²) in [5, 5.41) is 2.16. The van der Waals surface area contributed by atoms with Crippen LogP contribution >= 0.6 is 0 Å². The van der Waals surface area contributed by atoms with Gasteiger partial charge in [0.05, 0.1) is 17.6 Å². The Hall–Kier alpha value is -3.31. The first-order chi connectivity index (χ1) is 17.1. The van der Waals surface area contributed by atoms with Crippen LogP contribution in [0.4, 0.5) is 18.0 Å². The number of piperidine rings is 2. The molecule has 12 heteroatoms. The first-order valence-electron chi connectivity index (χ1n) is 12.2. The molecular weight excluding hydrogens is 481 g/mol. The molecule has 0 bridgehead atoms. The number of nitrogens with one attached hydrogen (secondary N) is 1. The van der Waals surface area contributed by atoms with Crippen LogP contribution in [0.15, 0.2) is 23.0 Å². The molecule has 0 radical (unpaired) electrons. The Balaban J connectivity index is 1.61. The third-order valence-electron chi connectivity index (χ3n) is 6.79. The smallest absolute Gasteiger partial charge is 0.409 e. The second kappa shape index (κ2) is 10.4. The van der Waals surface area contributed by atoms with Gasteiger partial charge in [-0.05, 0) is 49.3 Å². The number of carbonyl (C=O) groups excluding carboxylic acids is 3. The van der Waals surface area contributed by atoms with Crippen LogP contribution in [-0.2, 0) is 20.9 Å². The Labute approximate surface area is 205 Å². The van der Waals surface area contributed by atoms with E-state index in [0.29, 0.717) is 37.1 Å². The van der Waals surface area contributed by atoms with Gasteiger partial charge < -0.3 is 9.64 Å². The quantitative estimate of drug-likeness (QED) is 0.474. The van der Waals surface area contributed by atoms with E-state index in [2.05, 4.69) is 5.32 Å². The van der Waals surface area contributed by atoms with Gasteiger partial charge in [-0.1, -0.05) is 19.4 Å². The Kier molecular flexibility index (Phi) is 7.41. The molecule has 3 heterocycles. The summed E-state index contributed by atoms with van der Waals surface area (Å²) < 4.78 is 47.1. The predicted molar refractivity (Wildman–Crippen MR) is 123 cm³/mol. The maximum Gasteiger partial charge on any atom is 0.409 e. The lowest BCUT2D eigenvalue weighted by Gasteiger charge is -2.31. The molecule has 1 aromatic carbocycles. The highest BCUT2D eigenvalue weighted by atomic mass is 19.4. The molecule has 9 nitrogen and oxygen atoms in total. The number of fused-ring (bicyclic) bond motifs is 1. The van der Waals surface area contributed by atoms with Crippen molar-refractivity contribution in [2.45, 2.75) is 70.1 Å². The van der Waals surface area contributed by atoms with Gasteiger partial charge in [-0.3, -0.25) is 24.0 Å².